The van der Waals surface area contributed by atoms with Crippen molar-refractivity contribution in [3.05, 3.63) is 11.4 Å². The molecule has 0 spiro atoms. The lowest BCUT2D eigenvalue weighted by atomic mass is 10.3. The van der Waals surface area contributed by atoms with Crippen LogP contribution in [0.3, 0.4) is 0 Å². The highest BCUT2D eigenvalue weighted by molar-refractivity contribution is 6.02. The van der Waals surface area contributed by atoms with E-state index in [2.05, 4.69) is 15.3 Å². The third-order valence-electron chi connectivity index (χ3n) is 1.76. The van der Waals surface area contributed by atoms with Gasteiger partial charge in [-0.1, -0.05) is 5.21 Å². The second-order valence-electron chi connectivity index (χ2n) is 2.76. The minimum Gasteiger partial charge on any atom is -0.386 e. The van der Waals surface area contributed by atoms with Gasteiger partial charge in [0.2, 0.25) is 0 Å². The van der Waals surface area contributed by atoms with Gasteiger partial charge in [0, 0.05) is 7.05 Å². The average Bonchev–Trinajstić information content (AvgIpc) is 2.47. The third-order valence-corrected chi connectivity index (χ3v) is 1.76. The molecule has 0 radical (unpaired) electrons. The Kier molecular flexibility index (Phi) is 2.92. The quantitative estimate of drug-likeness (QED) is 0.445. The molecule has 0 aliphatic heterocycles. The lowest BCUT2D eigenvalue weighted by Gasteiger charge is -1.94. The maximum atomic E-state index is 11.4. The highest BCUT2D eigenvalue weighted by atomic mass is 16.1. The van der Waals surface area contributed by atoms with Gasteiger partial charge in [-0.05, 0) is 6.92 Å². The molecule has 0 bridgehead atoms. The molecule has 0 fully saturated rings. The summed E-state index contributed by atoms with van der Waals surface area (Å²) in [6, 6.07) is 0. The largest absolute Gasteiger partial charge is 0.386 e. The number of nitrogens with zero attached hydrogens (tertiary/aromatic N) is 4. The van der Waals surface area contributed by atoms with Crippen molar-refractivity contribution in [2.24, 2.45) is 23.5 Å². The first-order valence-electron chi connectivity index (χ1n) is 4.00. The predicted molar refractivity (Wildman–Crippen MR) is 50.7 cm³/mol. The van der Waals surface area contributed by atoms with Gasteiger partial charge >= 0.3 is 5.91 Å². The second kappa shape index (κ2) is 3.97. The summed E-state index contributed by atoms with van der Waals surface area (Å²) in [6.45, 7) is 1.77. The number of aliphatic imine (C=N–C) groups is 1. The van der Waals surface area contributed by atoms with Crippen LogP contribution in [0.5, 0.6) is 0 Å². The van der Waals surface area contributed by atoms with Crippen molar-refractivity contribution in [1.82, 2.24) is 15.0 Å². The smallest absolute Gasteiger partial charge is 0.301 e. The van der Waals surface area contributed by atoms with Crippen LogP contribution in [0.25, 0.3) is 0 Å². The van der Waals surface area contributed by atoms with E-state index in [1.807, 2.05) is 0 Å². The summed E-state index contributed by atoms with van der Waals surface area (Å²) in [5.74, 6) is -0.432. The maximum absolute atomic E-state index is 11.4. The Morgan fingerprint density at radius 3 is 2.71 bits per heavy atom. The van der Waals surface area contributed by atoms with E-state index in [0.29, 0.717) is 5.69 Å². The number of hydrogen-bond donors (Lipinski definition) is 2. The van der Waals surface area contributed by atoms with Crippen LogP contribution in [-0.4, -0.2) is 33.3 Å². The van der Waals surface area contributed by atoms with Crippen molar-refractivity contribution >= 4 is 11.7 Å². The molecular formula is C7H12N6O. The molecule has 1 heterocycles. The minimum atomic E-state index is -0.515. The van der Waals surface area contributed by atoms with Gasteiger partial charge in [0.1, 0.15) is 5.84 Å². The zero-order valence-corrected chi connectivity index (χ0v) is 8.06. The molecule has 1 aromatic heterocycles. The lowest BCUT2D eigenvalue weighted by molar-refractivity contribution is 0.0997. The van der Waals surface area contributed by atoms with E-state index in [9.17, 15) is 4.79 Å². The number of aromatic nitrogens is 3. The summed E-state index contributed by atoms with van der Waals surface area (Å²) >= 11 is 0. The number of carbonyl (C=O) groups is 1. The molecule has 7 heteroatoms. The summed E-state index contributed by atoms with van der Waals surface area (Å²) in [5.41, 5.74) is 11.3. The van der Waals surface area contributed by atoms with E-state index in [4.69, 9.17) is 11.5 Å². The Hall–Kier alpha value is -1.76. The summed E-state index contributed by atoms with van der Waals surface area (Å²) in [7, 11) is 1.69. The lowest BCUT2D eigenvalue weighted by Crippen LogP contribution is -2.24. The predicted octanol–water partition coefficient (Wildman–Crippen LogP) is -1.42. The Bertz CT molecular complexity index is 380. The zero-order chi connectivity index (χ0) is 10.7. The van der Waals surface area contributed by atoms with E-state index < -0.39 is 5.91 Å². The minimum absolute atomic E-state index is 0.0467. The molecule has 0 aromatic carbocycles. The Balaban J connectivity index is 2.96. The van der Waals surface area contributed by atoms with Crippen LogP contribution < -0.4 is 11.5 Å². The van der Waals surface area contributed by atoms with Crippen LogP contribution in [0, 0.1) is 6.92 Å². The molecule has 0 saturated carbocycles. The zero-order valence-electron chi connectivity index (χ0n) is 8.06. The number of amides is 1. The second-order valence-corrected chi connectivity index (χ2v) is 2.76. The number of aryl methyl sites for hydroxylation is 1. The molecule has 1 amide bonds. The molecule has 7 nitrogen and oxygen atoms in total. The van der Waals surface area contributed by atoms with Gasteiger partial charge < -0.3 is 11.5 Å². The highest BCUT2D eigenvalue weighted by Crippen LogP contribution is 2.03. The van der Waals surface area contributed by atoms with Crippen LogP contribution in [0.15, 0.2) is 4.99 Å². The number of rotatable bonds is 2. The Labute approximate surface area is 80.8 Å². The number of carbonyl (C=O) groups excluding carboxylic acids is 1. The van der Waals surface area contributed by atoms with Crippen LogP contribution in [-0.2, 0) is 7.05 Å². The topological polar surface area (TPSA) is 112 Å². The van der Waals surface area contributed by atoms with Crippen molar-refractivity contribution in [1.29, 1.82) is 0 Å². The standard InChI is InChI=1S/C7H12N6O/c1-4-6(11-12-13(4)2)7(14)10-5(9)3-8/h3,8H2,1-2H3,(H2,9,10,14). The fourth-order valence-corrected chi connectivity index (χ4v) is 0.831. The summed E-state index contributed by atoms with van der Waals surface area (Å²) in [6.07, 6.45) is 0. The Morgan fingerprint density at radius 2 is 2.29 bits per heavy atom. The first-order chi connectivity index (χ1) is 6.56. The SMILES string of the molecule is Cc1c(C(=O)N=C(N)CN)nnn1C. The van der Waals surface area contributed by atoms with Crippen LogP contribution in [0.4, 0.5) is 0 Å². The molecule has 0 atom stereocenters. The fourth-order valence-electron chi connectivity index (χ4n) is 0.831. The van der Waals surface area contributed by atoms with Gasteiger partial charge in [0.05, 0.1) is 12.2 Å². The molecule has 0 saturated heterocycles. The van der Waals surface area contributed by atoms with Gasteiger partial charge in [-0.25, -0.2) is 0 Å². The molecule has 0 unspecified atom stereocenters. The maximum Gasteiger partial charge on any atom is 0.301 e. The molecule has 4 N–H and O–H groups in total. The van der Waals surface area contributed by atoms with E-state index in [1.165, 1.54) is 4.68 Å². The van der Waals surface area contributed by atoms with Crippen molar-refractivity contribution in [3.8, 4) is 0 Å². The molecule has 1 rings (SSSR count). The number of hydrogen-bond acceptors (Lipinski definition) is 4. The summed E-state index contributed by atoms with van der Waals surface area (Å²) < 4.78 is 1.49. The summed E-state index contributed by atoms with van der Waals surface area (Å²) in [5, 5.41) is 7.34. The van der Waals surface area contributed by atoms with Crippen molar-refractivity contribution in [2.45, 2.75) is 6.92 Å². The molecule has 0 aliphatic rings. The van der Waals surface area contributed by atoms with Crippen LogP contribution >= 0.6 is 0 Å². The number of amidine groups is 1. The van der Waals surface area contributed by atoms with Gasteiger partial charge in [-0.3, -0.25) is 9.48 Å². The van der Waals surface area contributed by atoms with E-state index in [1.54, 1.807) is 14.0 Å². The van der Waals surface area contributed by atoms with E-state index in [0.717, 1.165) is 0 Å². The first-order valence-corrected chi connectivity index (χ1v) is 4.00. The third kappa shape index (κ3) is 1.94. The van der Waals surface area contributed by atoms with E-state index >= 15 is 0 Å². The van der Waals surface area contributed by atoms with Crippen molar-refractivity contribution in [3.63, 3.8) is 0 Å². The van der Waals surface area contributed by atoms with Crippen molar-refractivity contribution < 1.29 is 4.79 Å². The van der Waals surface area contributed by atoms with Crippen LogP contribution in [0.1, 0.15) is 16.2 Å². The molecule has 1 aromatic rings. The van der Waals surface area contributed by atoms with Crippen LogP contribution in [0.2, 0.25) is 0 Å². The summed E-state index contributed by atoms with van der Waals surface area (Å²) in [4.78, 5) is 15.0. The first kappa shape index (κ1) is 10.3. The van der Waals surface area contributed by atoms with Gasteiger partial charge in [-0.2, -0.15) is 4.99 Å². The monoisotopic (exact) mass is 196 g/mol. The van der Waals surface area contributed by atoms with E-state index in [-0.39, 0.29) is 18.1 Å². The Morgan fingerprint density at radius 1 is 1.64 bits per heavy atom. The fraction of sp³-hybridized carbons (Fsp3) is 0.429. The molecule has 76 valence electrons. The highest BCUT2D eigenvalue weighted by Gasteiger charge is 2.14. The van der Waals surface area contributed by atoms with Crippen molar-refractivity contribution in [2.75, 3.05) is 6.54 Å². The molecule has 0 aliphatic carbocycles. The average molecular weight is 196 g/mol. The van der Waals surface area contributed by atoms with Gasteiger partial charge in [-0.15, -0.1) is 5.10 Å². The van der Waals surface area contributed by atoms with Gasteiger partial charge in [0.15, 0.2) is 5.69 Å². The normalized spacial score (nSPS) is 11.8. The molecular weight excluding hydrogens is 184 g/mol. The van der Waals surface area contributed by atoms with Gasteiger partial charge in [0.25, 0.3) is 0 Å². The molecule has 14 heavy (non-hydrogen) atoms. The number of nitrogens with two attached hydrogens (primary N) is 2.